The second-order valence-electron chi connectivity index (χ2n) is 5.51. The van der Waals surface area contributed by atoms with Crippen LogP contribution < -0.4 is 10.2 Å². The van der Waals surface area contributed by atoms with Gasteiger partial charge in [-0.25, -0.2) is 9.97 Å². The summed E-state index contributed by atoms with van der Waals surface area (Å²) in [6.07, 6.45) is 6.30. The van der Waals surface area contributed by atoms with Gasteiger partial charge in [0, 0.05) is 37.2 Å². The summed E-state index contributed by atoms with van der Waals surface area (Å²) in [6, 6.07) is 14.5. The molecule has 0 bridgehead atoms. The average molecular weight is 303 g/mol. The lowest BCUT2D eigenvalue weighted by atomic mass is 10.2. The molecule has 0 atom stereocenters. The molecule has 5 heteroatoms. The lowest BCUT2D eigenvalue weighted by molar-refractivity contribution is 0.961. The second kappa shape index (κ2) is 6.04. The van der Waals surface area contributed by atoms with E-state index in [1.165, 1.54) is 11.3 Å². The second-order valence-corrected chi connectivity index (χ2v) is 5.51. The molecule has 1 aromatic carbocycles. The van der Waals surface area contributed by atoms with Crippen LogP contribution in [0.15, 0.2) is 61.2 Å². The third-order valence-electron chi connectivity index (χ3n) is 4.01. The Balaban J connectivity index is 1.53. The summed E-state index contributed by atoms with van der Waals surface area (Å²) < 4.78 is 0. The fourth-order valence-electron chi connectivity index (χ4n) is 2.86. The molecule has 1 N–H and O–H groups in total. The van der Waals surface area contributed by atoms with E-state index in [2.05, 4.69) is 49.4 Å². The Morgan fingerprint density at radius 2 is 2.04 bits per heavy atom. The molecule has 0 fully saturated rings. The smallest absolute Gasteiger partial charge is 0.138 e. The molecule has 3 aromatic rings. The van der Waals surface area contributed by atoms with Gasteiger partial charge in [0.15, 0.2) is 0 Å². The lowest BCUT2D eigenvalue weighted by Gasteiger charge is -2.18. The molecule has 0 saturated heterocycles. The molecule has 5 nitrogen and oxygen atoms in total. The Kier molecular flexibility index (Phi) is 3.60. The van der Waals surface area contributed by atoms with Crippen LogP contribution in [-0.2, 0) is 13.0 Å². The molecule has 2 aromatic heterocycles. The van der Waals surface area contributed by atoms with Crippen LogP contribution in [0.2, 0.25) is 0 Å². The number of benzene rings is 1. The van der Waals surface area contributed by atoms with Gasteiger partial charge < -0.3 is 10.2 Å². The SMILES string of the molecule is c1cncc(CNc2cc(N3CCc4ccccc43)ncn2)c1. The number of pyridine rings is 1. The monoisotopic (exact) mass is 303 g/mol. The molecular weight excluding hydrogens is 286 g/mol. The highest BCUT2D eigenvalue weighted by Crippen LogP contribution is 2.33. The van der Waals surface area contributed by atoms with Gasteiger partial charge in [-0.15, -0.1) is 0 Å². The minimum atomic E-state index is 0.695. The number of fused-ring (bicyclic) bond motifs is 1. The van der Waals surface area contributed by atoms with Gasteiger partial charge in [0.1, 0.15) is 18.0 Å². The molecule has 0 aliphatic carbocycles. The molecule has 4 rings (SSSR count). The summed E-state index contributed by atoms with van der Waals surface area (Å²) in [5, 5.41) is 3.33. The van der Waals surface area contributed by atoms with Crippen molar-refractivity contribution in [2.24, 2.45) is 0 Å². The predicted octanol–water partition coefficient (Wildman–Crippen LogP) is 3.18. The Hall–Kier alpha value is -2.95. The quantitative estimate of drug-likeness (QED) is 0.802. The van der Waals surface area contributed by atoms with Crippen LogP contribution in [0, 0.1) is 0 Å². The number of nitrogens with zero attached hydrogens (tertiary/aromatic N) is 4. The normalized spacial score (nSPS) is 13.0. The van der Waals surface area contributed by atoms with Crippen molar-refractivity contribution in [3.05, 3.63) is 72.3 Å². The van der Waals surface area contributed by atoms with Crippen molar-refractivity contribution >= 4 is 17.3 Å². The van der Waals surface area contributed by atoms with Crippen LogP contribution in [0.3, 0.4) is 0 Å². The first-order valence-electron chi connectivity index (χ1n) is 7.70. The maximum atomic E-state index is 4.44. The van der Waals surface area contributed by atoms with Gasteiger partial charge in [0.25, 0.3) is 0 Å². The zero-order valence-corrected chi connectivity index (χ0v) is 12.7. The van der Waals surface area contributed by atoms with Gasteiger partial charge in [-0.3, -0.25) is 4.98 Å². The van der Waals surface area contributed by atoms with E-state index in [9.17, 15) is 0 Å². The number of para-hydroxylation sites is 1. The Bertz CT molecular complexity index is 803. The van der Waals surface area contributed by atoms with Crippen molar-refractivity contribution in [2.45, 2.75) is 13.0 Å². The van der Waals surface area contributed by atoms with E-state index in [-0.39, 0.29) is 0 Å². The minimum absolute atomic E-state index is 0.695. The molecule has 0 radical (unpaired) electrons. The highest BCUT2D eigenvalue weighted by molar-refractivity contribution is 5.68. The molecule has 114 valence electrons. The van der Waals surface area contributed by atoms with Gasteiger partial charge in [-0.1, -0.05) is 24.3 Å². The Morgan fingerprint density at radius 3 is 2.96 bits per heavy atom. The van der Waals surface area contributed by atoms with Crippen molar-refractivity contribution < 1.29 is 0 Å². The number of hydrogen-bond acceptors (Lipinski definition) is 5. The summed E-state index contributed by atoms with van der Waals surface area (Å²) in [6.45, 7) is 1.65. The third kappa shape index (κ3) is 2.85. The van der Waals surface area contributed by atoms with Gasteiger partial charge >= 0.3 is 0 Å². The highest BCUT2D eigenvalue weighted by atomic mass is 15.2. The summed E-state index contributed by atoms with van der Waals surface area (Å²) in [5.74, 6) is 1.75. The maximum Gasteiger partial charge on any atom is 0.138 e. The van der Waals surface area contributed by atoms with E-state index in [1.54, 1.807) is 12.5 Å². The molecule has 3 heterocycles. The van der Waals surface area contributed by atoms with E-state index < -0.39 is 0 Å². The number of anilines is 3. The first-order valence-corrected chi connectivity index (χ1v) is 7.70. The van der Waals surface area contributed by atoms with E-state index in [4.69, 9.17) is 0 Å². The third-order valence-corrected chi connectivity index (χ3v) is 4.01. The van der Waals surface area contributed by atoms with Crippen molar-refractivity contribution in [1.29, 1.82) is 0 Å². The van der Waals surface area contributed by atoms with Gasteiger partial charge in [-0.2, -0.15) is 0 Å². The molecule has 0 saturated carbocycles. The molecule has 1 aliphatic heterocycles. The Labute approximate surface area is 135 Å². The molecule has 0 unspecified atom stereocenters. The zero-order valence-electron chi connectivity index (χ0n) is 12.7. The van der Waals surface area contributed by atoms with E-state index in [0.29, 0.717) is 6.54 Å². The summed E-state index contributed by atoms with van der Waals surface area (Å²) >= 11 is 0. The number of aromatic nitrogens is 3. The summed E-state index contributed by atoms with van der Waals surface area (Å²) in [4.78, 5) is 15.1. The summed E-state index contributed by atoms with van der Waals surface area (Å²) in [5.41, 5.74) is 3.74. The van der Waals surface area contributed by atoms with Crippen LogP contribution in [0.4, 0.5) is 17.3 Å². The van der Waals surface area contributed by atoms with Crippen LogP contribution >= 0.6 is 0 Å². The van der Waals surface area contributed by atoms with Crippen LogP contribution in [0.25, 0.3) is 0 Å². The number of rotatable bonds is 4. The van der Waals surface area contributed by atoms with Crippen LogP contribution in [-0.4, -0.2) is 21.5 Å². The van der Waals surface area contributed by atoms with Gasteiger partial charge in [0.05, 0.1) is 0 Å². The van der Waals surface area contributed by atoms with E-state index in [0.717, 1.165) is 30.2 Å². The van der Waals surface area contributed by atoms with Crippen molar-refractivity contribution in [2.75, 3.05) is 16.8 Å². The highest BCUT2D eigenvalue weighted by Gasteiger charge is 2.20. The number of hydrogen-bond donors (Lipinski definition) is 1. The van der Waals surface area contributed by atoms with Gasteiger partial charge in [-0.05, 0) is 29.7 Å². The maximum absolute atomic E-state index is 4.44. The van der Waals surface area contributed by atoms with Crippen molar-refractivity contribution in [1.82, 2.24) is 15.0 Å². The van der Waals surface area contributed by atoms with Gasteiger partial charge in [0.2, 0.25) is 0 Å². The largest absolute Gasteiger partial charge is 0.366 e. The molecule has 0 amide bonds. The van der Waals surface area contributed by atoms with Crippen LogP contribution in [0.5, 0.6) is 0 Å². The van der Waals surface area contributed by atoms with Crippen molar-refractivity contribution in [3.63, 3.8) is 0 Å². The first-order chi connectivity index (χ1) is 11.4. The zero-order chi connectivity index (χ0) is 15.5. The molecule has 23 heavy (non-hydrogen) atoms. The Morgan fingerprint density at radius 1 is 1.09 bits per heavy atom. The van der Waals surface area contributed by atoms with E-state index >= 15 is 0 Å². The predicted molar refractivity (Wildman–Crippen MR) is 90.7 cm³/mol. The summed E-state index contributed by atoms with van der Waals surface area (Å²) in [7, 11) is 0. The molecule has 0 spiro atoms. The van der Waals surface area contributed by atoms with Crippen LogP contribution in [0.1, 0.15) is 11.1 Å². The van der Waals surface area contributed by atoms with E-state index in [1.807, 2.05) is 24.4 Å². The molecular formula is C18H17N5. The standard InChI is InChI=1S/C18H17N5/c1-2-6-16-15(5-1)7-9-23(16)18-10-17(21-13-22-18)20-12-14-4-3-8-19-11-14/h1-6,8,10-11,13H,7,9,12H2,(H,20,21,22). The fourth-order valence-corrected chi connectivity index (χ4v) is 2.86. The number of nitrogens with one attached hydrogen (secondary N) is 1. The topological polar surface area (TPSA) is 53.9 Å². The first kappa shape index (κ1) is 13.7. The van der Waals surface area contributed by atoms with Crippen molar-refractivity contribution in [3.8, 4) is 0 Å². The fraction of sp³-hybridized carbons (Fsp3) is 0.167. The minimum Gasteiger partial charge on any atom is -0.366 e. The average Bonchev–Trinajstić information content (AvgIpc) is 3.05. The molecule has 1 aliphatic rings. The lowest BCUT2D eigenvalue weighted by Crippen LogP contribution is -2.15.